The van der Waals surface area contributed by atoms with Crippen LogP contribution < -0.4 is 4.90 Å². The summed E-state index contributed by atoms with van der Waals surface area (Å²) in [4.78, 5) is 2.54. The normalized spacial score (nSPS) is 15.4. The molecule has 1 aromatic heterocycles. The lowest BCUT2D eigenvalue weighted by atomic mass is 9.77. The molecule has 0 amide bonds. The van der Waals surface area contributed by atoms with Crippen molar-refractivity contribution in [1.82, 2.24) is 4.57 Å². The van der Waals surface area contributed by atoms with Gasteiger partial charge in [0.15, 0.2) is 0 Å². The Balaban J connectivity index is 1.11. The van der Waals surface area contributed by atoms with Crippen molar-refractivity contribution in [3.05, 3.63) is 174 Å². The van der Waals surface area contributed by atoms with Crippen molar-refractivity contribution >= 4 is 44.0 Å². The molecule has 238 valence electrons. The van der Waals surface area contributed by atoms with E-state index in [0.717, 1.165) is 0 Å². The summed E-state index contributed by atoms with van der Waals surface area (Å²) in [5.41, 5.74) is 12.7. The molecule has 0 fully saturated rings. The summed E-state index contributed by atoms with van der Waals surface area (Å²) in [6.07, 6.45) is 0. The van der Waals surface area contributed by atoms with Gasteiger partial charge in [-0.05, 0) is 93.0 Å². The van der Waals surface area contributed by atoms with Crippen molar-refractivity contribution in [3.8, 4) is 16.8 Å². The molecule has 8 aromatic rings. The van der Waals surface area contributed by atoms with E-state index >= 15 is 0 Å². The second-order valence-electron chi connectivity index (χ2n) is 14.5. The molecule has 1 atom stereocenters. The number of para-hydroxylation sites is 1. The average Bonchev–Trinajstić information content (AvgIpc) is 3.60. The van der Waals surface area contributed by atoms with E-state index in [-0.39, 0.29) is 11.5 Å². The highest BCUT2D eigenvalue weighted by atomic mass is 15.2. The van der Waals surface area contributed by atoms with E-state index in [2.05, 4.69) is 195 Å². The van der Waals surface area contributed by atoms with Gasteiger partial charge in [0, 0.05) is 33.2 Å². The van der Waals surface area contributed by atoms with E-state index < -0.39 is 0 Å². The number of fused-ring (bicyclic) bond motifs is 6. The zero-order valence-corrected chi connectivity index (χ0v) is 28.6. The third kappa shape index (κ3) is 4.62. The maximum absolute atomic E-state index is 2.54. The minimum Gasteiger partial charge on any atom is -0.333 e. The summed E-state index contributed by atoms with van der Waals surface area (Å²) in [6, 6.07) is 58.6. The van der Waals surface area contributed by atoms with E-state index in [1.54, 1.807) is 0 Å². The van der Waals surface area contributed by atoms with Crippen molar-refractivity contribution in [1.29, 1.82) is 0 Å². The van der Waals surface area contributed by atoms with Crippen LogP contribution in [0, 0.1) is 0 Å². The summed E-state index contributed by atoms with van der Waals surface area (Å²) < 4.78 is 2.43. The molecule has 49 heavy (non-hydrogen) atoms. The lowest BCUT2D eigenvalue weighted by Crippen LogP contribution is -2.30. The molecular weight excluding hydrogens is 593 g/mol. The topological polar surface area (TPSA) is 8.17 Å². The number of nitrogens with zero attached hydrogens (tertiary/aromatic N) is 2. The molecule has 2 heteroatoms. The number of hydrogen-bond donors (Lipinski definition) is 0. The number of hydrogen-bond acceptors (Lipinski definition) is 1. The molecule has 9 rings (SSSR count). The van der Waals surface area contributed by atoms with Gasteiger partial charge in [0.1, 0.15) is 0 Å². The molecule has 0 radical (unpaired) electrons. The summed E-state index contributed by atoms with van der Waals surface area (Å²) in [5.74, 6) is 0.472. The minimum absolute atomic E-state index is 0.0398. The van der Waals surface area contributed by atoms with Gasteiger partial charge in [-0.25, -0.2) is 0 Å². The first-order valence-corrected chi connectivity index (χ1v) is 17.5. The Morgan fingerprint density at radius 2 is 1.18 bits per heavy atom. The van der Waals surface area contributed by atoms with Crippen molar-refractivity contribution in [3.63, 3.8) is 0 Å². The molecule has 0 bridgehead atoms. The molecule has 2 heterocycles. The monoisotopic (exact) mass is 632 g/mol. The Bertz CT molecular complexity index is 2480. The molecule has 2 nitrogen and oxygen atoms in total. The fourth-order valence-corrected chi connectivity index (χ4v) is 8.39. The number of benzene rings is 7. The van der Waals surface area contributed by atoms with Crippen molar-refractivity contribution in [2.75, 3.05) is 4.90 Å². The van der Waals surface area contributed by atoms with Crippen LogP contribution in [0.1, 0.15) is 56.3 Å². The standard InChI is InChI=1S/C47H40N2/c1-31(2)36-23-28-42-40(30-36)45-39-15-9-8-12-34(39)22-29-44(45)48(42)37-24-18-32(19-25-37)33-20-26-38(27-21-33)49-43-17-11-10-16-41(43)47(3,4)46(49)35-13-6-5-7-14-35/h5-31,46H,1-4H3. The first-order chi connectivity index (χ1) is 23.9. The molecule has 7 aromatic carbocycles. The van der Waals surface area contributed by atoms with Gasteiger partial charge in [-0.1, -0.05) is 137 Å². The highest BCUT2D eigenvalue weighted by molar-refractivity contribution is 6.21. The van der Waals surface area contributed by atoms with Gasteiger partial charge in [-0.15, -0.1) is 0 Å². The van der Waals surface area contributed by atoms with E-state index in [4.69, 9.17) is 0 Å². The lowest BCUT2D eigenvalue weighted by molar-refractivity contribution is 0.449. The Morgan fingerprint density at radius 1 is 0.551 bits per heavy atom. The summed E-state index contributed by atoms with van der Waals surface area (Å²) in [5, 5.41) is 5.23. The Kier molecular flexibility index (Phi) is 6.78. The lowest BCUT2D eigenvalue weighted by Gasteiger charge is -2.35. The predicted octanol–water partition coefficient (Wildman–Crippen LogP) is 12.9. The van der Waals surface area contributed by atoms with Gasteiger partial charge >= 0.3 is 0 Å². The Labute approximate surface area is 288 Å². The molecule has 0 spiro atoms. The first-order valence-electron chi connectivity index (χ1n) is 17.5. The smallest absolute Gasteiger partial charge is 0.0683 e. The van der Waals surface area contributed by atoms with Crippen molar-refractivity contribution < 1.29 is 0 Å². The maximum atomic E-state index is 2.54. The number of anilines is 2. The van der Waals surface area contributed by atoms with Gasteiger partial charge < -0.3 is 9.47 Å². The second kappa shape index (κ2) is 11.2. The quantitative estimate of drug-likeness (QED) is 0.183. The molecule has 0 aliphatic carbocycles. The Hall–Kier alpha value is -5.60. The van der Waals surface area contributed by atoms with Crippen LogP contribution in [0.3, 0.4) is 0 Å². The molecule has 0 saturated carbocycles. The van der Waals surface area contributed by atoms with Gasteiger partial charge in [-0.3, -0.25) is 0 Å². The van der Waals surface area contributed by atoms with Crippen LogP contribution >= 0.6 is 0 Å². The third-order valence-electron chi connectivity index (χ3n) is 10.9. The van der Waals surface area contributed by atoms with E-state index in [9.17, 15) is 0 Å². The highest BCUT2D eigenvalue weighted by Gasteiger charge is 2.45. The van der Waals surface area contributed by atoms with Crippen LogP contribution in [0.5, 0.6) is 0 Å². The SMILES string of the molecule is CC(C)c1ccc2c(c1)c1c3ccccc3ccc1n2-c1ccc(-c2ccc(N3c4ccccc4C(C)(C)C3c3ccccc3)cc2)cc1. The average molecular weight is 633 g/mol. The second-order valence-corrected chi connectivity index (χ2v) is 14.5. The van der Waals surface area contributed by atoms with Crippen molar-refractivity contribution in [2.45, 2.75) is 45.1 Å². The molecule has 0 N–H and O–H groups in total. The van der Waals surface area contributed by atoms with Gasteiger partial charge in [0.25, 0.3) is 0 Å². The number of rotatable bonds is 5. The summed E-state index contributed by atoms with van der Waals surface area (Å²) in [7, 11) is 0. The largest absolute Gasteiger partial charge is 0.333 e. The van der Waals surface area contributed by atoms with Crippen LogP contribution in [0.4, 0.5) is 11.4 Å². The van der Waals surface area contributed by atoms with Gasteiger partial charge in [-0.2, -0.15) is 0 Å². The zero-order valence-electron chi connectivity index (χ0n) is 28.6. The fourth-order valence-electron chi connectivity index (χ4n) is 8.39. The van der Waals surface area contributed by atoms with E-state index in [0.29, 0.717) is 5.92 Å². The highest BCUT2D eigenvalue weighted by Crippen LogP contribution is 2.55. The Morgan fingerprint density at radius 3 is 1.92 bits per heavy atom. The molecule has 1 aliphatic rings. The third-order valence-corrected chi connectivity index (χ3v) is 10.9. The van der Waals surface area contributed by atoms with Crippen LogP contribution in [0.2, 0.25) is 0 Å². The van der Waals surface area contributed by atoms with Crippen molar-refractivity contribution in [2.24, 2.45) is 0 Å². The fraction of sp³-hybridized carbons (Fsp3) is 0.149. The van der Waals surface area contributed by atoms with Crippen LogP contribution in [-0.2, 0) is 5.41 Å². The van der Waals surface area contributed by atoms with E-state index in [1.807, 2.05) is 0 Å². The first kappa shape index (κ1) is 29.5. The molecule has 1 aliphatic heterocycles. The minimum atomic E-state index is -0.0398. The molecular formula is C47H40N2. The maximum Gasteiger partial charge on any atom is 0.0683 e. The summed E-state index contributed by atoms with van der Waals surface area (Å²) >= 11 is 0. The van der Waals surface area contributed by atoms with Gasteiger partial charge in [0.05, 0.1) is 17.1 Å². The number of aromatic nitrogens is 1. The zero-order chi connectivity index (χ0) is 33.3. The van der Waals surface area contributed by atoms with Crippen LogP contribution in [0.25, 0.3) is 49.4 Å². The van der Waals surface area contributed by atoms with E-state index in [1.165, 1.54) is 77.5 Å². The van der Waals surface area contributed by atoms with Gasteiger partial charge in [0.2, 0.25) is 0 Å². The molecule has 1 unspecified atom stereocenters. The van der Waals surface area contributed by atoms with Crippen LogP contribution in [0.15, 0.2) is 158 Å². The van der Waals surface area contributed by atoms with Crippen LogP contribution in [-0.4, -0.2) is 4.57 Å². The predicted molar refractivity (Wildman–Crippen MR) is 209 cm³/mol. The summed E-state index contributed by atoms with van der Waals surface area (Å²) in [6.45, 7) is 9.30. The molecule has 0 saturated heterocycles.